The molecule has 2 heteroatoms. The van der Waals surface area contributed by atoms with Crippen LogP contribution in [0.2, 0.25) is 0 Å². The van der Waals surface area contributed by atoms with Gasteiger partial charge in [-0.15, -0.1) is 6.58 Å². The van der Waals surface area contributed by atoms with Crippen molar-refractivity contribution < 1.29 is 4.74 Å². The summed E-state index contributed by atoms with van der Waals surface area (Å²) < 4.78 is 5.85. The van der Waals surface area contributed by atoms with E-state index in [0.717, 1.165) is 37.1 Å². The van der Waals surface area contributed by atoms with Gasteiger partial charge in [0.1, 0.15) is 0 Å². The second-order valence-corrected chi connectivity index (χ2v) is 7.37. The van der Waals surface area contributed by atoms with Crippen molar-refractivity contribution in [3.05, 3.63) is 72.6 Å². The van der Waals surface area contributed by atoms with Gasteiger partial charge in [0.05, 0.1) is 6.10 Å². The van der Waals surface area contributed by atoms with Crippen molar-refractivity contribution in [2.45, 2.75) is 64.9 Å². The van der Waals surface area contributed by atoms with Crippen LogP contribution in [0.25, 0.3) is 17.2 Å². The minimum atomic E-state index is 0.371. The maximum Gasteiger partial charge on any atom is 0.0547 e. The summed E-state index contributed by atoms with van der Waals surface area (Å²) in [6.45, 7) is 9.07. The topological polar surface area (TPSA) is 22.1 Å². The van der Waals surface area contributed by atoms with E-state index in [1.165, 1.54) is 36.8 Å². The van der Waals surface area contributed by atoms with E-state index in [4.69, 9.17) is 4.74 Å². The normalized spacial score (nSPS) is 12.4. The number of pyridine rings is 1. The number of allylic oxidation sites excluding steroid dienone is 2. The van der Waals surface area contributed by atoms with E-state index in [-0.39, 0.29) is 0 Å². The van der Waals surface area contributed by atoms with Crippen molar-refractivity contribution in [1.29, 1.82) is 0 Å². The fourth-order valence-corrected chi connectivity index (χ4v) is 3.11. The second-order valence-electron chi connectivity index (χ2n) is 7.37. The summed E-state index contributed by atoms with van der Waals surface area (Å²) in [6, 6.07) is 12.9. The average Bonchev–Trinajstić information content (AvgIpc) is 2.72. The zero-order chi connectivity index (χ0) is 20.0. The van der Waals surface area contributed by atoms with Crippen LogP contribution in [0.1, 0.15) is 63.6 Å². The van der Waals surface area contributed by atoms with Gasteiger partial charge < -0.3 is 4.74 Å². The molecule has 0 aliphatic rings. The number of nitrogens with zero attached hydrogens (tertiary/aromatic N) is 1. The monoisotopic (exact) mass is 377 g/mol. The fourth-order valence-electron chi connectivity index (χ4n) is 3.11. The molecule has 2 aromatic rings. The van der Waals surface area contributed by atoms with Gasteiger partial charge in [0.15, 0.2) is 0 Å². The lowest BCUT2D eigenvalue weighted by Crippen LogP contribution is -2.08. The van der Waals surface area contributed by atoms with Crippen molar-refractivity contribution in [2.24, 2.45) is 0 Å². The zero-order valence-electron chi connectivity index (χ0n) is 17.6. The number of hydrogen-bond donors (Lipinski definition) is 0. The van der Waals surface area contributed by atoms with Gasteiger partial charge in [-0.25, -0.2) is 0 Å². The first kappa shape index (κ1) is 22.1. The van der Waals surface area contributed by atoms with Crippen LogP contribution < -0.4 is 0 Å². The Morgan fingerprint density at radius 2 is 1.82 bits per heavy atom. The molecular weight excluding hydrogens is 342 g/mol. The van der Waals surface area contributed by atoms with Crippen LogP contribution in [0, 0.1) is 0 Å². The third kappa shape index (κ3) is 8.22. The van der Waals surface area contributed by atoms with Crippen molar-refractivity contribution >= 4 is 6.08 Å². The summed E-state index contributed by atoms with van der Waals surface area (Å²) in [7, 11) is 0. The summed E-state index contributed by atoms with van der Waals surface area (Å²) in [5, 5.41) is 0. The van der Waals surface area contributed by atoms with Crippen molar-refractivity contribution in [1.82, 2.24) is 4.98 Å². The molecule has 2 rings (SSSR count). The molecule has 0 N–H and O–H groups in total. The quantitative estimate of drug-likeness (QED) is 0.271. The summed E-state index contributed by atoms with van der Waals surface area (Å²) in [6.07, 6.45) is 16.6. The molecule has 2 nitrogen and oxygen atoms in total. The predicted octanol–water partition coefficient (Wildman–Crippen LogP) is 7.26. The van der Waals surface area contributed by atoms with Crippen molar-refractivity contribution in [2.75, 3.05) is 6.61 Å². The molecule has 0 bridgehead atoms. The molecule has 28 heavy (non-hydrogen) atoms. The molecule has 1 heterocycles. The summed E-state index contributed by atoms with van der Waals surface area (Å²) >= 11 is 0. The lowest BCUT2D eigenvalue weighted by Gasteiger charge is -2.12. The number of rotatable bonds is 13. The lowest BCUT2D eigenvalue weighted by atomic mass is 10.0. The van der Waals surface area contributed by atoms with Gasteiger partial charge in [-0.3, -0.25) is 4.98 Å². The summed E-state index contributed by atoms with van der Waals surface area (Å²) in [5.74, 6) is 0. The Morgan fingerprint density at radius 1 is 1.04 bits per heavy atom. The van der Waals surface area contributed by atoms with E-state index in [0.29, 0.717) is 6.10 Å². The van der Waals surface area contributed by atoms with E-state index in [1.807, 2.05) is 12.3 Å². The molecule has 1 aromatic heterocycles. The molecule has 0 saturated carbocycles. The maximum atomic E-state index is 5.85. The Kier molecular flexibility index (Phi) is 10.3. The Morgan fingerprint density at radius 3 is 2.50 bits per heavy atom. The number of benzene rings is 1. The molecule has 0 spiro atoms. The van der Waals surface area contributed by atoms with Gasteiger partial charge in [-0.1, -0.05) is 68.3 Å². The van der Waals surface area contributed by atoms with Crippen LogP contribution in [0.15, 0.2) is 61.3 Å². The third-order valence-electron chi connectivity index (χ3n) is 4.86. The van der Waals surface area contributed by atoms with Crippen molar-refractivity contribution in [3.8, 4) is 11.1 Å². The van der Waals surface area contributed by atoms with Crippen LogP contribution >= 0.6 is 0 Å². The van der Waals surface area contributed by atoms with Gasteiger partial charge in [-0.2, -0.15) is 0 Å². The second kappa shape index (κ2) is 13.1. The molecule has 0 aliphatic carbocycles. The highest BCUT2D eigenvalue weighted by atomic mass is 16.5. The van der Waals surface area contributed by atoms with Gasteiger partial charge >= 0.3 is 0 Å². The highest BCUT2D eigenvalue weighted by molar-refractivity contribution is 5.65. The molecule has 0 radical (unpaired) electrons. The highest BCUT2D eigenvalue weighted by Gasteiger charge is 2.01. The molecule has 1 unspecified atom stereocenters. The predicted molar refractivity (Wildman–Crippen MR) is 121 cm³/mol. The zero-order valence-corrected chi connectivity index (χ0v) is 17.6. The Balaban J connectivity index is 1.72. The van der Waals surface area contributed by atoms with E-state index in [2.05, 4.69) is 74.0 Å². The standard InChI is InChI=1S/C26H35NO/c1-4-6-10-20-28-22(3)12-8-7-9-13-23-14-16-24(17-15-23)25-18-19-26(11-5-2)27-21-25/h5,9,13-19,21-22H,2,4,6-8,10-12,20H2,1,3H3/b13-9+. The average molecular weight is 378 g/mol. The molecular formula is C26H35NO. The van der Waals surface area contributed by atoms with Crippen LogP contribution in [0.5, 0.6) is 0 Å². The molecule has 0 aliphatic heterocycles. The van der Waals surface area contributed by atoms with E-state index < -0.39 is 0 Å². The molecule has 1 atom stereocenters. The van der Waals surface area contributed by atoms with Gasteiger partial charge in [0.25, 0.3) is 0 Å². The van der Waals surface area contributed by atoms with Gasteiger partial charge in [0.2, 0.25) is 0 Å². The van der Waals surface area contributed by atoms with Crippen LogP contribution in [-0.4, -0.2) is 17.7 Å². The highest BCUT2D eigenvalue weighted by Crippen LogP contribution is 2.20. The van der Waals surface area contributed by atoms with Crippen LogP contribution in [-0.2, 0) is 11.2 Å². The molecule has 0 amide bonds. The van der Waals surface area contributed by atoms with E-state index in [9.17, 15) is 0 Å². The SMILES string of the molecule is C=CCc1ccc(-c2ccc(/C=C/CCCC(C)OCCCCC)cc2)cn1. The lowest BCUT2D eigenvalue weighted by molar-refractivity contribution is 0.0566. The first-order valence-electron chi connectivity index (χ1n) is 10.7. The molecule has 0 fully saturated rings. The summed E-state index contributed by atoms with van der Waals surface area (Å²) in [4.78, 5) is 4.48. The number of hydrogen-bond acceptors (Lipinski definition) is 2. The fraction of sp³-hybridized carbons (Fsp3) is 0.423. The van der Waals surface area contributed by atoms with Crippen LogP contribution in [0.4, 0.5) is 0 Å². The minimum absolute atomic E-state index is 0.371. The first-order valence-corrected chi connectivity index (χ1v) is 10.7. The van der Waals surface area contributed by atoms with Gasteiger partial charge in [-0.05, 0) is 49.8 Å². The van der Waals surface area contributed by atoms with E-state index >= 15 is 0 Å². The van der Waals surface area contributed by atoms with Crippen LogP contribution in [0.3, 0.4) is 0 Å². The molecule has 0 saturated heterocycles. The summed E-state index contributed by atoms with van der Waals surface area (Å²) in [5.41, 5.74) is 4.64. The largest absolute Gasteiger partial charge is 0.379 e. The molecule has 1 aromatic carbocycles. The smallest absolute Gasteiger partial charge is 0.0547 e. The Bertz CT molecular complexity index is 700. The van der Waals surface area contributed by atoms with E-state index in [1.54, 1.807) is 0 Å². The Labute approximate surface area is 171 Å². The third-order valence-corrected chi connectivity index (χ3v) is 4.86. The number of aromatic nitrogens is 1. The number of unbranched alkanes of at least 4 members (excludes halogenated alkanes) is 3. The first-order chi connectivity index (χ1) is 13.7. The Hall–Kier alpha value is -2.19. The van der Waals surface area contributed by atoms with Gasteiger partial charge in [0, 0.05) is 30.5 Å². The van der Waals surface area contributed by atoms with Crippen molar-refractivity contribution in [3.63, 3.8) is 0 Å². The molecule has 150 valence electrons. The minimum Gasteiger partial charge on any atom is -0.379 e. The maximum absolute atomic E-state index is 5.85. The number of ether oxygens (including phenoxy) is 1.